The van der Waals surface area contributed by atoms with E-state index in [-0.39, 0.29) is 0 Å². The monoisotopic (exact) mass is 249 g/mol. The van der Waals surface area contributed by atoms with Crippen LogP contribution in [0.5, 0.6) is 0 Å². The van der Waals surface area contributed by atoms with Gasteiger partial charge in [-0.2, -0.15) is 0 Å². The van der Waals surface area contributed by atoms with Crippen LogP contribution in [0.2, 0.25) is 5.02 Å². The van der Waals surface area contributed by atoms with E-state index in [9.17, 15) is 0 Å². The van der Waals surface area contributed by atoms with Crippen molar-refractivity contribution in [3.8, 4) is 11.8 Å². The first-order chi connectivity index (χ1) is 7.68. The van der Waals surface area contributed by atoms with Crippen molar-refractivity contribution in [1.29, 1.82) is 0 Å². The normalized spacial score (nSPS) is 9.62. The van der Waals surface area contributed by atoms with Gasteiger partial charge in [0, 0.05) is 13.2 Å². The molecule has 2 heterocycles. The van der Waals surface area contributed by atoms with Gasteiger partial charge in [0.15, 0.2) is 0 Å². The lowest BCUT2D eigenvalue weighted by Gasteiger charge is -1.95. The van der Waals surface area contributed by atoms with E-state index in [2.05, 4.69) is 21.8 Å². The van der Waals surface area contributed by atoms with Gasteiger partial charge in [-0.3, -0.25) is 0 Å². The van der Waals surface area contributed by atoms with E-state index in [4.69, 9.17) is 23.8 Å². The quantitative estimate of drug-likeness (QED) is 0.575. The molecule has 1 N–H and O–H groups in total. The van der Waals surface area contributed by atoms with E-state index in [0.29, 0.717) is 15.2 Å². The molecular formula is C11H8ClN3S. The van der Waals surface area contributed by atoms with E-state index in [0.717, 1.165) is 5.69 Å². The van der Waals surface area contributed by atoms with Crippen molar-refractivity contribution in [3.05, 3.63) is 45.7 Å². The molecule has 0 aliphatic heterocycles. The largest absolute Gasteiger partial charge is 0.354 e. The van der Waals surface area contributed by atoms with E-state index < -0.39 is 0 Å². The fourth-order valence-electron chi connectivity index (χ4n) is 1.16. The molecule has 80 valence electrons. The Morgan fingerprint density at radius 2 is 2.31 bits per heavy atom. The van der Waals surface area contributed by atoms with Gasteiger partial charge in [-0.15, -0.1) is 0 Å². The van der Waals surface area contributed by atoms with Gasteiger partial charge in [-0.05, 0) is 17.9 Å². The van der Waals surface area contributed by atoms with Crippen molar-refractivity contribution >= 4 is 23.8 Å². The molecule has 0 amide bonds. The SMILES string of the molecule is Cn1cncc1C#Cc1[nH]ccc(=S)c1Cl. The van der Waals surface area contributed by atoms with Crippen LogP contribution in [0.1, 0.15) is 11.4 Å². The van der Waals surface area contributed by atoms with Crippen LogP contribution >= 0.6 is 23.8 Å². The Morgan fingerprint density at radius 1 is 1.50 bits per heavy atom. The van der Waals surface area contributed by atoms with Gasteiger partial charge < -0.3 is 9.55 Å². The van der Waals surface area contributed by atoms with Crippen molar-refractivity contribution in [2.75, 3.05) is 0 Å². The second-order valence-corrected chi connectivity index (χ2v) is 3.99. The van der Waals surface area contributed by atoms with Crippen LogP contribution in [0.3, 0.4) is 0 Å². The van der Waals surface area contributed by atoms with Crippen LogP contribution in [0.4, 0.5) is 0 Å². The number of halogens is 1. The van der Waals surface area contributed by atoms with Crippen LogP contribution in [0.25, 0.3) is 0 Å². The number of H-pyrrole nitrogens is 1. The highest BCUT2D eigenvalue weighted by molar-refractivity contribution is 7.71. The lowest BCUT2D eigenvalue weighted by Crippen LogP contribution is -1.89. The highest BCUT2D eigenvalue weighted by Crippen LogP contribution is 2.13. The molecule has 2 aromatic rings. The van der Waals surface area contributed by atoms with Gasteiger partial charge in [0.05, 0.1) is 22.1 Å². The van der Waals surface area contributed by atoms with Gasteiger partial charge in [0.25, 0.3) is 0 Å². The Labute approximate surface area is 103 Å². The van der Waals surface area contributed by atoms with Crippen LogP contribution in [0.15, 0.2) is 24.8 Å². The third-order valence-corrected chi connectivity index (χ3v) is 2.88. The Kier molecular flexibility index (Phi) is 3.09. The minimum atomic E-state index is 0.479. The zero-order valence-electron chi connectivity index (χ0n) is 8.49. The predicted octanol–water partition coefficient (Wildman–Crippen LogP) is 2.53. The number of hydrogen-bond acceptors (Lipinski definition) is 2. The zero-order chi connectivity index (χ0) is 11.5. The molecule has 0 unspecified atom stereocenters. The Hall–Kier alpha value is -1.57. The van der Waals surface area contributed by atoms with E-state index >= 15 is 0 Å². The van der Waals surface area contributed by atoms with Gasteiger partial charge >= 0.3 is 0 Å². The van der Waals surface area contributed by atoms with Crippen LogP contribution < -0.4 is 0 Å². The summed E-state index contributed by atoms with van der Waals surface area (Å²) in [5.74, 6) is 5.90. The summed E-state index contributed by atoms with van der Waals surface area (Å²) in [5, 5.41) is 0.479. The number of aromatic amines is 1. The average Bonchev–Trinajstić information content (AvgIpc) is 2.67. The first-order valence-electron chi connectivity index (χ1n) is 4.54. The highest BCUT2D eigenvalue weighted by atomic mass is 35.5. The van der Waals surface area contributed by atoms with E-state index in [1.165, 1.54) is 0 Å². The summed E-state index contributed by atoms with van der Waals surface area (Å²) < 4.78 is 2.42. The van der Waals surface area contributed by atoms with Gasteiger partial charge in [0.2, 0.25) is 0 Å². The molecule has 0 aliphatic carbocycles. The molecule has 2 rings (SSSR count). The molecule has 0 saturated heterocycles. The van der Waals surface area contributed by atoms with Crippen molar-refractivity contribution in [1.82, 2.24) is 14.5 Å². The molecule has 5 heteroatoms. The average molecular weight is 250 g/mol. The minimum Gasteiger partial charge on any atom is -0.354 e. The molecule has 0 saturated carbocycles. The topological polar surface area (TPSA) is 33.6 Å². The van der Waals surface area contributed by atoms with Gasteiger partial charge in [-0.25, -0.2) is 4.98 Å². The standard InChI is InChI=1S/C11H8ClN3S/c1-15-7-13-6-8(15)2-3-9-11(12)10(16)4-5-14-9/h4-7H,1H3,(H,14,16). The molecule has 0 aliphatic rings. The number of pyridine rings is 1. The van der Waals surface area contributed by atoms with Crippen molar-refractivity contribution in [3.63, 3.8) is 0 Å². The second kappa shape index (κ2) is 4.52. The van der Waals surface area contributed by atoms with E-state index in [1.807, 2.05) is 11.6 Å². The summed E-state index contributed by atoms with van der Waals surface area (Å²) in [4.78, 5) is 6.93. The summed E-state index contributed by atoms with van der Waals surface area (Å²) in [7, 11) is 1.88. The third kappa shape index (κ3) is 2.16. The zero-order valence-corrected chi connectivity index (χ0v) is 10.1. The molecule has 3 nitrogen and oxygen atoms in total. The number of aryl methyl sites for hydroxylation is 1. The molecule has 0 atom stereocenters. The third-order valence-electron chi connectivity index (χ3n) is 2.03. The predicted molar refractivity (Wildman–Crippen MR) is 65.8 cm³/mol. The summed E-state index contributed by atoms with van der Waals surface area (Å²) in [5.41, 5.74) is 1.44. The summed E-state index contributed by atoms with van der Waals surface area (Å²) >= 11 is 11.1. The van der Waals surface area contributed by atoms with Crippen molar-refractivity contribution < 1.29 is 0 Å². The minimum absolute atomic E-state index is 0.479. The van der Waals surface area contributed by atoms with Gasteiger partial charge in [0.1, 0.15) is 11.4 Å². The maximum Gasteiger partial charge on any atom is 0.112 e. The van der Waals surface area contributed by atoms with Crippen molar-refractivity contribution in [2.24, 2.45) is 7.05 Å². The molecule has 0 radical (unpaired) electrons. The number of rotatable bonds is 0. The number of nitrogens with zero attached hydrogens (tertiary/aromatic N) is 2. The molecular weight excluding hydrogens is 242 g/mol. The smallest absolute Gasteiger partial charge is 0.112 e. The Balaban J connectivity index is 2.43. The number of hydrogen-bond donors (Lipinski definition) is 1. The van der Waals surface area contributed by atoms with E-state index in [1.54, 1.807) is 24.8 Å². The number of imidazole rings is 1. The highest BCUT2D eigenvalue weighted by Gasteiger charge is 1.98. The molecule has 16 heavy (non-hydrogen) atoms. The molecule has 0 spiro atoms. The Morgan fingerprint density at radius 3 is 3.00 bits per heavy atom. The number of aromatic nitrogens is 3. The summed E-state index contributed by atoms with van der Waals surface area (Å²) in [6.45, 7) is 0. The Bertz CT molecular complexity index is 630. The maximum absolute atomic E-state index is 6.01. The maximum atomic E-state index is 6.01. The number of nitrogens with one attached hydrogen (secondary N) is 1. The fourth-order valence-corrected chi connectivity index (χ4v) is 1.49. The van der Waals surface area contributed by atoms with Gasteiger partial charge in [-0.1, -0.05) is 23.8 Å². The molecule has 2 aromatic heterocycles. The van der Waals surface area contributed by atoms with Crippen molar-refractivity contribution in [2.45, 2.75) is 0 Å². The lowest BCUT2D eigenvalue weighted by molar-refractivity contribution is 0.899. The van der Waals surface area contributed by atoms with Crippen LogP contribution in [0, 0.1) is 16.4 Å². The first kappa shape index (κ1) is 10.9. The van der Waals surface area contributed by atoms with Crippen LogP contribution in [-0.2, 0) is 7.05 Å². The molecule has 0 bridgehead atoms. The summed E-state index contributed by atoms with van der Waals surface area (Å²) in [6, 6.07) is 1.73. The lowest BCUT2D eigenvalue weighted by atomic mass is 10.3. The second-order valence-electron chi connectivity index (χ2n) is 3.17. The molecule has 0 aromatic carbocycles. The first-order valence-corrected chi connectivity index (χ1v) is 5.32. The van der Waals surface area contributed by atoms with Crippen LogP contribution in [-0.4, -0.2) is 14.5 Å². The molecule has 0 fully saturated rings. The summed E-state index contributed by atoms with van der Waals surface area (Å²) in [6.07, 6.45) is 5.11. The fraction of sp³-hybridized carbons (Fsp3) is 0.0909.